The first-order chi connectivity index (χ1) is 13.5. The van der Waals surface area contributed by atoms with Crippen molar-refractivity contribution in [1.29, 1.82) is 0 Å². The molecule has 0 radical (unpaired) electrons. The van der Waals surface area contributed by atoms with Crippen LogP contribution in [-0.2, 0) is 14.3 Å². The van der Waals surface area contributed by atoms with Gasteiger partial charge in [-0.25, -0.2) is 0 Å². The van der Waals surface area contributed by atoms with Crippen molar-refractivity contribution in [3.63, 3.8) is 0 Å². The van der Waals surface area contributed by atoms with Gasteiger partial charge in [0.1, 0.15) is 18.4 Å². The van der Waals surface area contributed by atoms with Crippen molar-refractivity contribution in [2.45, 2.75) is 59.5 Å². The van der Waals surface area contributed by atoms with E-state index in [9.17, 15) is 19.5 Å². The van der Waals surface area contributed by atoms with Gasteiger partial charge in [-0.1, -0.05) is 27.7 Å². The molecule has 7 heteroatoms. The lowest BCUT2D eigenvalue weighted by atomic mass is 9.86. The van der Waals surface area contributed by atoms with Gasteiger partial charge in [-0.05, 0) is 48.9 Å². The molecule has 0 spiro atoms. The highest BCUT2D eigenvalue weighted by Crippen LogP contribution is 2.23. The number of hydrogen-bond donors (Lipinski definition) is 3. The first kappa shape index (κ1) is 22.9. The second kappa shape index (κ2) is 9.39. The Labute approximate surface area is 172 Å². The molecule has 2 amide bonds. The molecule has 1 aliphatic heterocycles. The zero-order valence-corrected chi connectivity index (χ0v) is 17.9. The number of Topliss-reactive ketones (excluding diaryl/α,β-unsaturated/α-hetero) is 1. The lowest BCUT2D eigenvalue weighted by Crippen LogP contribution is -2.57. The van der Waals surface area contributed by atoms with Crippen LogP contribution < -0.4 is 10.6 Å². The summed E-state index contributed by atoms with van der Waals surface area (Å²) < 4.78 is 5.29. The Morgan fingerprint density at radius 3 is 2.59 bits per heavy atom. The zero-order chi connectivity index (χ0) is 21.8. The first-order valence-electron chi connectivity index (χ1n) is 10.0. The number of benzene rings is 1. The standard InChI is InChI=1S/C22H32N2O5/c1-6-14-11-29-12-18(26)19(14)24-21(28)16(10-22(3,4)5)23-20(27)15-7-8-17(25)13(2)9-15/h7-9,14,16,19,25H,6,10-12H2,1-5H3,(H,23,27)(H,24,28). The molecular formula is C22H32N2O5. The normalized spacial score (nSPS) is 20.8. The molecule has 0 bridgehead atoms. The monoisotopic (exact) mass is 404 g/mol. The summed E-state index contributed by atoms with van der Waals surface area (Å²) in [6.45, 7) is 10.0. The number of nitrogens with one attached hydrogen (secondary N) is 2. The van der Waals surface area contributed by atoms with Crippen LogP contribution in [0.5, 0.6) is 5.75 Å². The van der Waals surface area contributed by atoms with Gasteiger partial charge in [0.15, 0.2) is 5.78 Å². The average Bonchev–Trinajstić information content (AvgIpc) is 2.63. The Hall–Kier alpha value is -2.41. The number of rotatable bonds is 6. The van der Waals surface area contributed by atoms with E-state index in [1.165, 1.54) is 12.1 Å². The van der Waals surface area contributed by atoms with Gasteiger partial charge in [0, 0.05) is 11.5 Å². The molecule has 3 unspecified atom stereocenters. The minimum Gasteiger partial charge on any atom is -0.508 e. The number of ether oxygens (including phenoxy) is 1. The minimum atomic E-state index is -0.787. The van der Waals surface area contributed by atoms with E-state index in [1.807, 2.05) is 27.7 Å². The summed E-state index contributed by atoms with van der Waals surface area (Å²) in [5.41, 5.74) is 0.720. The van der Waals surface area contributed by atoms with Crippen LogP contribution in [0.3, 0.4) is 0 Å². The van der Waals surface area contributed by atoms with Gasteiger partial charge < -0.3 is 20.5 Å². The molecule has 1 aromatic rings. The summed E-state index contributed by atoms with van der Waals surface area (Å²) in [5, 5.41) is 15.3. The fraction of sp³-hybridized carbons (Fsp3) is 0.591. The Morgan fingerprint density at radius 1 is 1.31 bits per heavy atom. The molecule has 0 saturated carbocycles. The molecule has 0 aliphatic carbocycles. The molecule has 29 heavy (non-hydrogen) atoms. The lowest BCUT2D eigenvalue weighted by molar-refractivity contribution is -0.138. The molecule has 3 N–H and O–H groups in total. The quantitative estimate of drug-likeness (QED) is 0.675. The predicted molar refractivity (Wildman–Crippen MR) is 110 cm³/mol. The molecule has 1 saturated heterocycles. The van der Waals surface area contributed by atoms with E-state index in [4.69, 9.17) is 4.74 Å². The summed E-state index contributed by atoms with van der Waals surface area (Å²) in [4.78, 5) is 38.0. The second-order valence-electron chi connectivity index (χ2n) is 8.93. The highest BCUT2D eigenvalue weighted by Gasteiger charge is 2.35. The van der Waals surface area contributed by atoms with E-state index in [0.29, 0.717) is 30.6 Å². The largest absolute Gasteiger partial charge is 0.508 e. The Balaban J connectivity index is 2.18. The van der Waals surface area contributed by atoms with Crippen molar-refractivity contribution < 1.29 is 24.2 Å². The Bertz CT molecular complexity index is 769. The molecule has 0 aromatic heterocycles. The van der Waals surface area contributed by atoms with Crippen molar-refractivity contribution in [2.75, 3.05) is 13.2 Å². The molecule has 1 aromatic carbocycles. The highest BCUT2D eigenvalue weighted by molar-refractivity contribution is 5.99. The maximum Gasteiger partial charge on any atom is 0.251 e. The van der Waals surface area contributed by atoms with Gasteiger partial charge in [0.05, 0.1) is 12.6 Å². The van der Waals surface area contributed by atoms with Gasteiger partial charge in [0.25, 0.3) is 5.91 Å². The zero-order valence-electron chi connectivity index (χ0n) is 17.9. The number of carbonyl (C=O) groups is 3. The summed E-state index contributed by atoms with van der Waals surface area (Å²) in [7, 11) is 0. The van der Waals surface area contributed by atoms with E-state index in [1.54, 1.807) is 13.0 Å². The van der Waals surface area contributed by atoms with Gasteiger partial charge >= 0.3 is 0 Å². The van der Waals surface area contributed by atoms with Crippen molar-refractivity contribution >= 4 is 17.6 Å². The first-order valence-corrected chi connectivity index (χ1v) is 10.0. The van der Waals surface area contributed by atoms with Gasteiger partial charge in [-0.15, -0.1) is 0 Å². The molecule has 2 rings (SSSR count). The Kier molecular flexibility index (Phi) is 7.41. The maximum atomic E-state index is 13.0. The maximum absolute atomic E-state index is 13.0. The van der Waals surface area contributed by atoms with Crippen LogP contribution in [0.2, 0.25) is 0 Å². The third kappa shape index (κ3) is 6.29. The number of hydrogen-bond acceptors (Lipinski definition) is 5. The number of amides is 2. The van der Waals surface area contributed by atoms with Gasteiger partial charge in [-0.3, -0.25) is 14.4 Å². The SMILES string of the molecule is CCC1COCC(=O)C1NC(=O)C(CC(C)(C)C)NC(=O)c1ccc(O)c(C)c1. The molecule has 1 aliphatic rings. The fourth-order valence-electron chi connectivity index (χ4n) is 3.43. The Morgan fingerprint density at radius 2 is 2.00 bits per heavy atom. The summed E-state index contributed by atoms with van der Waals surface area (Å²) >= 11 is 0. The number of phenolic OH excluding ortho intramolecular Hbond substituents is 1. The molecule has 1 heterocycles. The smallest absolute Gasteiger partial charge is 0.251 e. The van der Waals surface area contributed by atoms with Crippen molar-refractivity contribution in [3.05, 3.63) is 29.3 Å². The van der Waals surface area contributed by atoms with Crippen molar-refractivity contribution in [2.24, 2.45) is 11.3 Å². The second-order valence-corrected chi connectivity index (χ2v) is 8.93. The van der Waals surface area contributed by atoms with E-state index >= 15 is 0 Å². The van der Waals surface area contributed by atoms with Crippen molar-refractivity contribution in [3.8, 4) is 5.75 Å². The predicted octanol–water partition coefficient (Wildman–Crippen LogP) is 2.35. The van der Waals surface area contributed by atoms with Crippen LogP contribution in [0.4, 0.5) is 0 Å². The highest BCUT2D eigenvalue weighted by atomic mass is 16.5. The number of aryl methyl sites for hydroxylation is 1. The molecule has 3 atom stereocenters. The number of ketones is 1. The third-order valence-corrected chi connectivity index (χ3v) is 5.11. The van der Waals surface area contributed by atoms with Crippen LogP contribution >= 0.6 is 0 Å². The van der Waals surface area contributed by atoms with E-state index in [2.05, 4.69) is 10.6 Å². The molecular weight excluding hydrogens is 372 g/mol. The lowest BCUT2D eigenvalue weighted by Gasteiger charge is -2.33. The molecule has 7 nitrogen and oxygen atoms in total. The van der Waals surface area contributed by atoms with E-state index < -0.39 is 18.0 Å². The van der Waals surface area contributed by atoms with Crippen molar-refractivity contribution in [1.82, 2.24) is 10.6 Å². The van der Waals surface area contributed by atoms with E-state index in [-0.39, 0.29) is 35.4 Å². The topological polar surface area (TPSA) is 105 Å². The molecule has 160 valence electrons. The van der Waals surface area contributed by atoms with Gasteiger partial charge in [0.2, 0.25) is 5.91 Å². The summed E-state index contributed by atoms with van der Waals surface area (Å²) in [5.74, 6) is -0.892. The summed E-state index contributed by atoms with van der Waals surface area (Å²) in [6.07, 6.45) is 1.12. The van der Waals surface area contributed by atoms with Crippen LogP contribution in [0.25, 0.3) is 0 Å². The number of carbonyl (C=O) groups excluding carboxylic acids is 3. The third-order valence-electron chi connectivity index (χ3n) is 5.11. The molecule has 1 fully saturated rings. The summed E-state index contributed by atoms with van der Waals surface area (Å²) in [6, 6.07) is 3.15. The van der Waals surface area contributed by atoms with Crippen LogP contribution in [0.15, 0.2) is 18.2 Å². The fourth-order valence-corrected chi connectivity index (χ4v) is 3.43. The number of phenols is 1. The number of aromatic hydroxyl groups is 1. The van der Waals surface area contributed by atoms with Crippen LogP contribution in [-0.4, -0.2) is 48.0 Å². The minimum absolute atomic E-state index is 0.00940. The van der Waals surface area contributed by atoms with E-state index in [0.717, 1.165) is 0 Å². The average molecular weight is 405 g/mol. The van der Waals surface area contributed by atoms with Crippen LogP contribution in [0, 0.1) is 18.3 Å². The van der Waals surface area contributed by atoms with Gasteiger partial charge in [-0.2, -0.15) is 0 Å². The van der Waals surface area contributed by atoms with Crippen LogP contribution in [0.1, 0.15) is 56.5 Å².